The number of likely N-dealkylation sites (tertiary alicyclic amines) is 1. The van der Waals surface area contributed by atoms with Crippen molar-refractivity contribution in [2.75, 3.05) is 32.0 Å². The lowest BCUT2D eigenvalue weighted by molar-refractivity contribution is 0.227. The van der Waals surface area contributed by atoms with Gasteiger partial charge < -0.3 is 10.5 Å². The van der Waals surface area contributed by atoms with Gasteiger partial charge in [0.1, 0.15) is 18.2 Å². The van der Waals surface area contributed by atoms with Gasteiger partial charge >= 0.3 is 0 Å². The normalized spacial score (nSPS) is 21.1. The van der Waals surface area contributed by atoms with Crippen LogP contribution in [-0.4, -0.2) is 45.7 Å². The first-order chi connectivity index (χ1) is 14.2. The molecule has 2 aromatic heterocycles. The van der Waals surface area contributed by atoms with Gasteiger partial charge in [-0.15, -0.1) is 0 Å². The number of nitrogens with two attached hydrogens (primary N) is 1. The number of hydrogen-bond acceptors (Lipinski definition) is 5. The molecule has 29 heavy (non-hydrogen) atoms. The van der Waals surface area contributed by atoms with Gasteiger partial charge in [0.25, 0.3) is 0 Å². The molecule has 6 nitrogen and oxygen atoms in total. The van der Waals surface area contributed by atoms with Crippen molar-refractivity contribution in [3.8, 4) is 17.6 Å². The molecule has 5 rings (SSSR count). The Morgan fingerprint density at radius 1 is 1.07 bits per heavy atom. The summed E-state index contributed by atoms with van der Waals surface area (Å²) in [7, 11) is 0. The number of rotatable bonds is 4. The monoisotopic (exact) mass is 387 g/mol. The van der Waals surface area contributed by atoms with E-state index in [4.69, 9.17) is 10.5 Å². The van der Waals surface area contributed by atoms with E-state index in [1.165, 1.54) is 32.4 Å². The summed E-state index contributed by atoms with van der Waals surface area (Å²) in [5, 5.41) is 4.26. The van der Waals surface area contributed by atoms with Crippen LogP contribution in [0.5, 0.6) is 5.75 Å². The second kappa shape index (κ2) is 7.76. The molecule has 1 aromatic carbocycles. The maximum absolute atomic E-state index is 5.94. The van der Waals surface area contributed by atoms with Crippen molar-refractivity contribution in [3.63, 3.8) is 0 Å². The van der Waals surface area contributed by atoms with E-state index in [1.54, 1.807) is 16.9 Å². The van der Waals surface area contributed by atoms with Crippen LogP contribution >= 0.6 is 0 Å². The fraction of sp³-hybridized carbons (Fsp3) is 0.391. The lowest BCUT2D eigenvalue weighted by atomic mass is 10.0. The highest BCUT2D eigenvalue weighted by Crippen LogP contribution is 2.37. The van der Waals surface area contributed by atoms with Crippen LogP contribution in [0, 0.1) is 23.7 Å². The Labute approximate surface area is 170 Å². The third-order valence-corrected chi connectivity index (χ3v) is 6.02. The Kier molecular flexibility index (Phi) is 4.82. The van der Waals surface area contributed by atoms with E-state index in [1.807, 2.05) is 30.3 Å². The lowest BCUT2D eigenvalue weighted by Gasteiger charge is -2.17. The number of hydrogen-bond donors (Lipinski definition) is 1. The van der Waals surface area contributed by atoms with Crippen molar-refractivity contribution in [3.05, 3.63) is 53.9 Å². The molecule has 1 aliphatic heterocycles. The zero-order chi connectivity index (χ0) is 19.6. The molecule has 2 atom stereocenters. The van der Waals surface area contributed by atoms with Gasteiger partial charge in [0, 0.05) is 36.8 Å². The SMILES string of the molecule is Nc1cn2ncc(C#Cc3ccc(OCCN4CC5CCCC5C4)cc3)cc2n1. The van der Waals surface area contributed by atoms with Crippen molar-refractivity contribution in [1.29, 1.82) is 0 Å². The molecule has 0 amide bonds. The molecule has 2 aliphatic rings. The molecule has 2 fully saturated rings. The predicted octanol–water partition coefficient (Wildman–Crippen LogP) is 2.82. The first-order valence-corrected chi connectivity index (χ1v) is 10.3. The Bertz CT molecular complexity index is 1050. The standard InChI is InChI=1S/C23H25N5O/c24-22-16-28-23(26-22)12-18(13-25-28)5-4-17-6-8-21(9-7-17)29-11-10-27-14-19-2-1-3-20(19)15-27/h6-9,12-13,16,19-20H,1-3,10-11,14-15,24H2. The van der Waals surface area contributed by atoms with E-state index in [0.717, 1.165) is 41.9 Å². The van der Waals surface area contributed by atoms with Crippen LogP contribution in [0.1, 0.15) is 30.4 Å². The summed E-state index contributed by atoms with van der Waals surface area (Å²) in [6, 6.07) is 9.82. The molecule has 1 aliphatic carbocycles. The average molecular weight is 387 g/mol. The molecule has 3 heterocycles. The zero-order valence-corrected chi connectivity index (χ0v) is 16.4. The maximum Gasteiger partial charge on any atom is 0.157 e. The molecule has 0 spiro atoms. The minimum absolute atomic E-state index is 0.450. The highest BCUT2D eigenvalue weighted by molar-refractivity contribution is 5.51. The third kappa shape index (κ3) is 4.06. The summed E-state index contributed by atoms with van der Waals surface area (Å²) in [4.78, 5) is 6.77. The Balaban J connectivity index is 1.15. The van der Waals surface area contributed by atoms with Crippen LogP contribution in [0.3, 0.4) is 0 Å². The fourth-order valence-corrected chi connectivity index (χ4v) is 4.55. The third-order valence-electron chi connectivity index (χ3n) is 6.02. The van der Waals surface area contributed by atoms with Crippen LogP contribution in [0.15, 0.2) is 42.7 Å². The number of benzene rings is 1. The van der Waals surface area contributed by atoms with Gasteiger partial charge in [-0.2, -0.15) is 5.10 Å². The second-order valence-corrected chi connectivity index (χ2v) is 8.05. The molecule has 0 bridgehead atoms. The van der Waals surface area contributed by atoms with Gasteiger partial charge in [-0.05, 0) is 48.9 Å². The topological polar surface area (TPSA) is 68.7 Å². The van der Waals surface area contributed by atoms with Crippen molar-refractivity contribution in [2.24, 2.45) is 11.8 Å². The molecule has 1 saturated carbocycles. The van der Waals surface area contributed by atoms with Crippen molar-refractivity contribution in [2.45, 2.75) is 19.3 Å². The first-order valence-electron chi connectivity index (χ1n) is 10.3. The summed E-state index contributed by atoms with van der Waals surface area (Å²) >= 11 is 0. The number of nitrogens with zero attached hydrogens (tertiary/aromatic N) is 4. The van der Waals surface area contributed by atoms with Gasteiger partial charge in [0.15, 0.2) is 5.65 Å². The van der Waals surface area contributed by atoms with E-state index in [9.17, 15) is 0 Å². The molecule has 3 aromatic rings. The lowest BCUT2D eigenvalue weighted by Crippen LogP contribution is -2.27. The van der Waals surface area contributed by atoms with Crippen molar-refractivity contribution < 1.29 is 4.74 Å². The van der Waals surface area contributed by atoms with Gasteiger partial charge in [-0.3, -0.25) is 4.90 Å². The fourth-order valence-electron chi connectivity index (χ4n) is 4.55. The van der Waals surface area contributed by atoms with Crippen molar-refractivity contribution in [1.82, 2.24) is 19.5 Å². The summed E-state index contributed by atoms with van der Waals surface area (Å²) in [5.74, 6) is 9.51. The number of nitrogen functional groups attached to an aromatic ring is 1. The minimum atomic E-state index is 0.450. The Hall–Kier alpha value is -3.04. The second-order valence-electron chi connectivity index (χ2n) is 8.05. The van der Waals surface area contributed by atoms with Crippen LogP contribution in [0.25, 0.3) is 5.65 Å². The minimum Gasteiger partial charge on any atom is -0.492 e. The van der Waals surface area contributed by atoms with Crippen LogP contribution in [0.4, 0.5) is 5.82 Å². The summed E-state index contributed by atoms with van der Waals surface area (Å²) < 4.78 is 7.58. The average Bonchev–Trinajstić information content (AvgIpc) is 3.40. The highest BCUT2D eigenvalue weighted by atomic mass is 16.5. The smallest absolute Gasteiger partial charge is 0.157 e. The first kappa shape index (κ1) is 18.0. The quantitative estimate of drug-likeness (QED) is 0.697. The molecular weight excluding hydrogens is 362 g/mol. The summed E-state index contributed by atoms with van der Waals surface area (Å²) in [6.45, 7) is 4.27. The molecule has 6 heteroatoms. The van der Waals surface area contributed by atoms with Crippen LogP contribution in [-0.2, 0) is 0 Å². The number of anilines is 1. The molecule has 2 unspecified atom stereocenters. The number of ether oxygens (including phenoxy) is 1. The van der Waals surface area contributed by atoms with E-state index in [2.05, 4.69) is 26.8 Å². The van der Waals surface area contributed by atoms with E-state index >= 15 is 0 Å². The molecular formula is C23H25N5O. The van der Waals surface area contributed by atoms with Crippen molar-refractivity contribution >= 4 is 11.5 Å². The van der Waals surface area contributed by atoms with Gasteiger partial charge in [0.2, 0.25) is 0 Å². The van der Waals surface area contributed by atoms with E-state index in [-0.39, 0.29) is 0 Å². The molecule has 1 saturated heterocycles. The van der Waals surface area contributed by atoms with Crippen LogP contribution in [0.2, 0.25) is 0 Å². The Morgan fingerprint density at radius 2 is 1.83 bits per heavy atom. The summed E-state index contributed by atoms with van der Waals surface area (Å²) in [6.07, 6.45) is 7.67. The van der Waals surface area contributed by atoms with Gasteiger partial charge in [0.05, 0.1) is 12.4 Å². The zero-order valence-electron chi connectivity index (χ0n) is 16.4. The Morgan fingerprint density at radius 3 is 2.62 bits per heavy atom. The highest BCUT2D eigenvalue weighted by Gasteiger charge is 2.35. The van der Waals surface area contributed by atoms with Gasteiger partial charge in [-0.1, -0.05) is 18.3 Å². The predicted molar refractivity (Wildman–Crippen MR) is 113 cm³/mol. The largest absolute Gasteiger partial charge is 0.492 e. The number of imidazole rings is 1. The van der Waals surface area contributed by atoms with E-state index in [0.29, 0.717) is 11.5 Å². The summed E-state index contributed by atoms with van der Waals surface area (Å²) in [5.41, 5.74) is 8.12. The number of fused-ring (bicyclic) bond motifs is 2. The number of aromatic nitrogens is 3. The van der Waals surface area contributed by atoms with Gasteiger partial charge in [-0.25, -0.2) is 9.50 Å². The molecule has 2 N–H and O–H groups in total. The van der Waals surface area contributed by atoms with E-state index < -0.39 is 0 Å². The maximum atomic E-state index is 5.94. The molecule has 0 radical (unpaired) electrons. The molecule has 148 valence electrons. The van der Waals surface area contributed by atoms with Crippen LogP contribution < -0.4 is 10.5 Å².